The Hall–Kier alpha value is -0.560. The van der Waals surface area contributed by atoms with Gasteiger partial charge < -0.3 is 15.2 Å². The monoisotopic (exact) mass is 169 g/mol. The van der Waals surface area contributed by atoms with Crippen LogP contribution in [0.15, 0.2) is 0 Å². The molecule has 1 saturated heterocycles. The number of nitrogens with one attached hydrogen (secondary N) is 1. The van der Waals surface area contributed by atoms with Gasteiger partial charge in [-0.3, -0.25) is 0 Å². The molecular formula is C9H15NO2. The predicted octanol–water partition coefficient (Wildman–Crippen LogP) is -0.251. The summed E-state index contributed by atoms with van der Waals surface area (Å²) in [5.41, 5.74) is 0. The van der Waals surface area contributed by atoms with Crippen molar-refractivity contribution in [3.05, 3.63) is 0 Å². The number of aliphatic hydroxyl groups excluding tert-OH is 1. The molecule has 0 aromatic heterocycles. The minimum Gasteiger partial charge on any atom is -0.389 e. The van der Waals surface area contributed by atoms with E-state index in [-0.39, 0.29) is 12.1 Å². The number of hydrogen-bond acceptors (Lipinski definition) is 3. The van der Waals surface area contributed by atoms with Crippen LogP contribution in [0.5, 0.6) is 0 Å². The fourth-order valence-electron chi connectivity index (χ4n) is 1.18. The standard InChI is InChI=1S/C9H15NO2/c1-2-3-4-5-10-8-6-12-7-9(8)11/h8-11H,4-7H2,1H3. The molecule has 1 heterocycles. The largest absolute Gasteiger partial charge is 0.389 e. The smallest absolute Gasteiger partial charge is 0.0948 e. The van der Waals surface area contributed by atoms with E-state index in [2.05, 4.69) is 17.2 Å². The second-order valence-corrected chi connectivity index (χ2v) is 2.84. The quantitative estimate of drug-likeness (QED) is 0.452. The third-order valence-electron chi connectivity index (χ3n) is 1.88. The van der Waals surface area contributed by atoms with Crippen molar-refractivity contribution in [2.24, 2.45) is 0 Å². The van der Waals surface area contributed by atoms with Crippen LogP contribution < -0.4 is 5.32 Å². The molecule has 0 bridgehead atoms. The summed E-state index contributed by atoms with van der Waals surface area (Å²) in [5.74, 6) is 5.77. The van der Waals surface area contributed by atoms with E-state index in [0.717, 1.165) is 13.0 Å². The Bertz CT molecular complexity index is 183. The van der Waals surface area contributed by atoms with Crippen LogP contribution in [0, 0.1) is 11.8 Å². The maximum Gasteiger partial charge on any atom is 0.0948 e. The lowest BCUT2D eigenvalue weighted by molar-refractivity contribution is 0.122. The lowest BCUT2D eigenvalue weighted by Gasteiger charge is -2.12. The minimum atomic E-state index is -0.348. The predicted molar refractivity (Wildman–Crippen MR) is 46.7 cm³/mol. The first-order valence-electron chi connectivity index (χ1n) is 4.23. The first-order chi connectivity index (χ1) is 5.84. The summed E-state index contributed by atoms with van der Waals surface area (Å²) in [6.07, 6.45) is 0.485. The van der Waals surface area contributed by atoms with Gasteiger partial charge in [-0.05, 0) is 6.92 Å². The maximum absolute atomic E-state index is 9.32. The zero-order chi connectivity index (χ0) is 8.81. The number of aliphatic hydroxyl groups is 1. The molecule has 2 unspecified atom stereocenters. The van der Waals surface area contributed by atoms with Gasteiger partial charge in [0.1, 0.15) is 0 Å². The Balaban J connectivity index is 2.08. The molecule has 0 aliphatic carbocycles. The van der Waals surface area contributed by atoms with Crippen molar-refractivity contribution in [2.75, 3.05) is 19.8 Å². The van der Waals surface area contributed by atoms with Gasteiger partial charge in [0.15, 0.2) is 0 Å². The van der Waals surface area contributed by atoms with Crippen molar-refractivity contribution in [1.82, 2.24) is 5.32 Å². The molecule has 0 aromatic carbocycles. The van der Waals surface area contributed by atoms with Crippen molar-refractivity contribution < 1.29 is 9.84 Å². The Morgan fingerprint density at radius 1 is 1.58 bits per heavy atom. The molecule has 1 aliphatic heterocycles. The third kappa shape index (κ3) is 2.82. The van der Waals surface area contributed by atoms with Crippen molar-refractivity contribution in [3.63, 3.8) is 0 Å². The third-order valence-corrected chi connectivity index (χ3v) is 1.88. The second kappa shape index (κ2) is 5.15. The topological polar surface area (TPSA) is 41.5 Å². The molecule has 3 heteroatoms. The Kier molecular flexibility index (Phi) is 4.09. The van der Waals surface area contributed by atoms with Gasteiger partial charge in [0.05, 0.1) is 25.4 Å². The van der Waals surface area contributed by atoms with Gasteiger partial charge in [-0.15, -0.1) is 11.8 Å². The Labute approximate surface area is 73.1 Å². The highest BCUT2D eigenvalue weighted by Crippen LogP contribution is 2.04. The van der Waals surface area contributed by atoms with Crippen LogP contribution in [-0.2, 0) is 4.74 Å². The lowest BCUT2D eigenvalue weighted by Crippen LogP contribution is -2.39. The van der Waals surface area contributed by atoms with Gasteiger partial charge in [0, 0.05) is 13.0 Å². The SMILES string of the molecule is CC#CCCNC1COCC1O. The van der Waals surface area contributed by atoms with Crippen molar-refractivity contribution in [1.29, 1.82) is 0 Å². The molecule has 3 nitrogen and oxygen atoms in total. The summed E-state index contributed by atoms with van der Waals surface area (Å²) in [6, 6.07) is 0.101. The van der Waals surface area contributed by atoms with Crippen LogP contribution in [0.1, 0.15) is 13.3 Å². The fourth-order valence-corrected chi connectivity index (χ4v) is 1.18. The molecule has 1 rings (SSSR count). The minimum absolute atomic E-state index is 0.101. The molecule has 0 amide bonds. The van der Waals surface area contributed by atoms with Gasteiger partial charge in [-0.2, -0.15) is 0 Å². The molecule has 2 N–H and O–H groups in total. The molecule has 2 atom stereocenters. The highest BCUT2D eigenvalue weighted by molar-refractivity contribution is 4.95. The second-order valence-electron chi connectivity index (χ2n) is 2.84. The van der Waals surface area contributed by atoms with Gasteiger partial charge in [-0.1, -0.05) is 0 Å². The van der Waals surface area contributed by atoms with Crippen LogP contribution in [0.25, 0.3) is 0 Å². The summed E-state index contributed by atoms with van der Waals surface area (Å²) >= 11 is 0. The summed E-state index contributed by atoms with van der Waals surface area (Å²) in [7, 11) is 0. The summed E-state index contributed by atoms with van der Waals surface area (Å²) in [4.78, 5) is 0. The van der Waals surface area contributed by atoms with Crippen LogP contribution in [0.2, 0.25) is 0 Å². The molecule has 12 heavy (non-hydrogen) atoms. The summed E-state index contributed by atoms with van der Waals surface area (Å²) in [5, 5.41) is 12.5. The van der Waals surface area contributed by atoms with Gasteiger partial charge >= 0.3 is 0 Å². The van der Waals surface area contributed by atoms with E-state index in [1.165, 1.54) is 0 Å². The van der Waals surface area contributed by atoms with E-state index in [1.807, 2.05) is 6.92 Å². The molecule has 0 radical (unpaired) electrons. The number of ether oxygens (including phenoxy) is 1. The van der Waals surface area contributed by atoms with Crippen LogP contribution in [0.3, 0.4) is 0 Å². The van der Waals surface area contributed by atoms with E-state index in [0.29, 0.717) is 13.2 Å². The van der Waals surface area contributed by atoms with Gasteiger partial charge in [0.2, 0.25) is 0 Å². The first-order valence-corrected chi connectivity index (χ1v) is 4.23. The van der Waals surface area contributed by atoms with E-state index in [4.69, 9.17) is 4.74 Å². The molecule has 0 saturated carbocycles. The highest BCUT2D eigenvalue weighted by Gasteiger charge is 2.24. The number of rotatable bonds is 3. The fraction of sp³-hybridized carbons (Fsp3) is 0.778. The van der Waals surface area contributed by atoms with E-state index in [1.54, 1.807) is 0 Å². The molecular weight excluding hydrogens is 154 g/mol. The normalized spacial score (nSPS) is 28.2. The molecule has 68 valence electrons. The van der Waals surface area contributed by atoms with E-state index >= 15 is 0 Å². The molecule has 0 spiro atoms. The van der Waals surface area contributed by atoms with Crippen molar-refractivity contribution in [3.8, 4) is 11.8 Å². The zero-order valence-electron chi connectivity index (χ0n) is 7.34. The van der Waals surface area contributed by atoms with Crippen molar-refractivity contribution in [2.45, 2.75) is 25.5 Å². The lowest BCUT2D eigenvalue weighted by atomic mass is 10.2. The first kappa shape index (κ1) is 9.53. The number of hydrogen-bond donors (Lipinski definition) is 2. The van der Waals surface area contributed by atoms with Crippen LogP contribution in [-0.4, -0.2) is 37.0 Å². The highest BCUT2D eigenvalue weighted by atomic mass is 16.5. The summed E-state index contributed by atoms with van der Waals surface area (Å²) in [6.45, 7) is 3.72. The Morgan fingerprint density at radius 2 is 2.42 bits per heavy atom. The van der Waals surface area contributed by atoms with E-state index < -0.39 is 0 Å². The zero-order valence-corrected chi connectivity index (χ0v) is 7.34. The average Bonchev–Trinajstić information content (AvgIpc) is 2.46. The van der Waals surface area contributed by atoms with Crippen molar-refractivity contribution >= 4 is 0 Å². The van der Waals surface area contributed by atoms with Crippen LogP contribution >= 0.6 is 0 Å². The average molecular weight is 169 g/mol. The molecule has 0 aromatic rings. The molecule has 1 aliphatic rings. The van der Waals surface area contributed by atoms with Gasteiger partial charge in [-0.25, -0.2) is 0 Å². The Morgan fingerprint density at radius 3 is 3.00 bits per heavy atom. The van der Waals surface area contributed by atoms with E-state index in [9.17, 15) is 5.11 Å². The summed E-state index contributed by atoms with van der Waals surface area (Å²) < 4.78 is 5.08. The molecule has 1 fully saturated rings. The maximum atomic E-state index is 9.32. The van der Waals surface area contributed by atoms with Gasteiger partial charge in [0.25, 0.3) is 0 Å². The van der Waals surface area contributed by atoms with Crippen LogP contribution in [0.4, 0.5) is 0 Å².